The molecule has 6 heteroatoms. The number of hydrogen-bond donors (Lipinski definition) is 0. The van der Waals surface area contributed by atoms with E-state index in [0.717, 1.165) is 0 Å². The summed E-state index contributed by atoms with van der Waals surface area (Å²) in [7, 11) is 1.57. The highest BCUT2D eigenvalue weighted by Gasteiger charge is 2.31. The van der Waals surface area contributed by atoms with E-state index in [1.54, 1.807) is 33.1 Å². The maximum absolute atomic E-state index is 11.9. The van der Waals surface area contributed by atoms with E-state index in [2.05, 4.69) is 4.98 Å². The van der Waals surface area contributed by atoms with Crippen LogP contribution in [0.4, 0.5) is 0 Å². The molecule has 0 saturated carbocycles. The SMILES string of the molecule is CCOC(=O)C(C(=O)OCC)c1ccc(COC)nc1. The van der Waals surface area contributed by atoms with Crippen LogP contribution < -0.4 is 0 Å². The molecule has 20 heavy (non-hydrogen) atoms. The van der Waals surface area contributed by atoms with E-state index in [1.165, 1.54) is 6.20 Å². The molecule has 0 atom stereocenters. The number of esters is 2. The van der Waals surface area contributed by atoms with Crippen LogP contribution in [0, 0.1) is 0 Å². The Bertz CT molecular complexity index is 425. The molecule has 0 amide bonds. The molecule has 0 bridgehead atoms. The maximum Gasteiger partial charge on any atom is 0.324 e. The lowest BCUT2D eigenvalue weighted by Crippen LogP contribution is -2.26. The largest absolute Gasteiger partial charge is 0.465 e. The maximum atomic E-state index is 11.9. The summed E-state index contributed by atoms with van der Waals surface area (Å²) >= 11 is 0. The molecular formula is C14H19NO5. The summed E-state index contributed by atoms with van der Waals surface area (Å²) in [4.78, 5) is 27.9. The van der Waals surface area contributed by atoms with Crippen molar-refractivity contribution in [1.82, 2.24) is 4.98 Å². The van der Waals surface area contributed by atoms with Gasteiger partial charge in [0.1, 0.15) is 0 Å². The first-order valence-electron chi connectivity index (χ1n) is 6.41. The number of carbonyl (C=O) groups excluding carboxylic acids is 2. The van der Waals surface area contributed by atoms with Gasteiger partial charge in [0.2, 0.25) is 0 Å². The van der Waals surface area contributed by atoms with Crippen molar-refractivity contribution in [3.8, 4) is 0 Å². The summed E-state index contributed by atoms with van der Waals surface area (Å²) in [5.74, 6) is -2.36. The van der Waals surface area contributed by atoms with Gasteiger partial charge in [-0.25, -0.2) is 0 Å². The van der Waals surface area contributed by atoms with Crippen LogP contribution in [0.5, 0.6) is 0 Å². The summed E-state index contributed by atoms with van der Waals surface area (Å²) in [6, 6.07) is 3.35. The second kappa shape index (κ2) is 8.27. The minimum Gasteiger partial charge on any atom is -0.465 e. The van der Waals surface area contributed by atoms with E-state index in [9.17, 15) is 9.59 Å². The molecule has 1 rings (SSSR count). The molecular weight excluding hydrogens is 262 g/mol. The molecule has 0 aromatic carbocycles. The van der Waals surface area contributed by atoms with Crippen molar-refractivity contribution in [2.45, 2.75) is 26.4 Å². The average Bonchev–Trinajstić information content (AvgIpc) is 2.42. The van der Waals surface area contributed by atoms with Crippen molar-refractivity contribution < 1.29 is 23.8 Å². The Morgan fingerprint density at radius 1 is 1.15 bits per heavy atom. The molecule has 0 spiro atoms. The van der Waals surface area contributed by atoms with Crippen LogP contribution in [0.3, 0.4) is 0 Å². The Morgan fingerprint density at radius 3 is 2.15 bits per heavy atom. The third-order valence-electron chi connectivity index (χ3n) is 2.52. The highest BCUT2D eigenvalue weighted by atomic mass is 16.6. The van der Waals surface area contributed by atoms with E-state index in [4.69, 9.17) is 14.2 Å². The third-order valence-corrected chi connectivity index (χ3v) is 2.52. The second-order valence-corrected chi connectivity index (χ2v) is 3.95. The van der Waals surface area contributed by atoms with Gasteiger partial charge in [-0.15, -0.1) is 0 Å². The Morgan fingerprint density at radius 2 is 1.75 bits per heavy atom. The molecule has 0 unspecified atom stereocenters. The molecule has 1 aromatic heterocycles. The first-order chi connectivity index (χ1) is 9.63. The summed E-state index contributed by atoms with van der Waals surface area (Å²) in [5, 5.41) is 0. The van der Waals surface area contributed by atoms with Gasteiger partial charge in [-0.05, 0) is 25.5 Å². The number of nitrogens with zero attached hydrogens (tertiary/aromatic N) is 1. The van der Waals surface area contributed by atoms with Crippen molar-refractivity contribution in [1.29, 1.82) is 0 Å². The van der Waals surface area contributed by atoms with Gasteiger partial charge in [0, 0.05) is 13.3 Å². The number of aromatic nitrogens is 1. The van der Waals surface area contributed by atoms with Gasteiger partial charge in [-0.1, -0.05) is 6.07 Å². The molecule has 0 radical (unpaired) electrons. The van der Waals surface area contributed by atoms with Gasteiger partial charge in [0.15, 0.2) is 5.92 Å². The topological polar surface area (TPSA) is 74.7 Å². The number of methoxy groups -OCH3 is 1. The third kappa shape index (κ3) is 4.31. The highest BCUT2D eigenvalue weighted by molar-refractivity contribution is 6.00. The van der Waals surface area contributed by atoms with Crippen LogP contribution in [-0.2, 0) is 30.4 Å². The quantitative estimate of drug-likeness (QED) is 0.556. The molecule has 0 aliphatic rings. The lowest BCUT2D eigenvalue weighted by atomic mass is 10.0. The summed E-state index contributed by atoms with van der Waals surface area (Å²) in [6.07, 6.45) is 1.47. The average molecular weight is 281 g/mol. The Kier molecular flexibility index (Phi) is 6.66. The fourth-order valence-electron chi connectivity index (χ4n) is 1.66. The predicted molar refractivity (Wildman–Crippen MR) is 71.0 cm³/mol. The van der Waals surface area contributed by atoms with Crippen LogP contribution in [0.25, 0.3) is 0 Å². The van der Waals surface area contributed by atoms with Gasteiger partial charge >= 0.3 is 11.9 Å². The molecule has 0 aliphatic heterocycles. The molecule has 0 saturated heterocycles. The predicted octanol–water partition coefficient (Wildman–Crippen LogP) is 1.44. The van der Waals surface area contributed by atoms with Crippen molar-refractivity contribution in [2.24, 2.45) is 0 Å². The van der Waals surface area contributed by atoms with Gasteiger partial charge in [0.05, 0.1) is 25.5 Å². The normalized spacial score (nSPS) is 10.4. The van der Waals surface area contributed by atoms with Crippen molar-refractivity contribution >= 4 is 11.9 Å². The molecule has 110 valence electrons. The van der Waals surface area contributed by atoms with Crippen LogP contribution in [0.15, 0.2) is 18.3 Å². The zero-order valence-corrected chi connectivity index (χ0v) is 11.9. The van der Waals surface area contributed by atoms with Crippen LogP contribution >= 0.6 is 0 Å². The number of rotatable bonds is 7. The van der Waals surface area contributed by atoms with Crippen LogP contribution in [-0.4, -0.2) is 37.2 Å². The first-order valence-corrected chi connectivity index (χ1v) is 6.41. The molecule has 6 nitrogen and oxygen atoms in total. The molecule has 1 heterocycles. The number of ether oxygens (including phenoxy) is 3. The van der Waals surface area contributed by atoms with Gasteiger partial charge in [-0.2, -0.15) is 0 Å². The van der Waals surface area contributed by atoms with Crippen molar-refractivity contribution in [3.05, 3.63) is 29.6 Å². The smallest absolute Gasteiger partial charge is 0.324 e. The lowest BCUT2D eigenvalue weighted by Gasteiger charge is -2.14. The Hall–Kier alpha value is -1.95. The standard InChI is InChI=1S/C14H19NO5/c1-4-19-13(16)12(14(17)20-5-2)10-6-7-11(9-18-3)15-8-10/h6-8,12H,4-5,9H2,1-3H3. The summed E-state index contributed by atoms with van der Waals surface area (Å²) in [5.41, 5.74) is 1.16. The fraction of sp³-hybridized carbons (Fsp3) is 0.500. The Balaban J connectivity index is 2.97. The lowest BCUT2D eigenvalue weighted by molar-refractivity contribution is -0.156. The fourth-order valence-corrected chi connectivity index (χ4v) is 1.66. The van der Waals surface area contributed by atoms with Crippen LogP contribution in [0.1, 0.15) is 31.0 Å². The van der Waals surface area contributed by atoms with Gasteiger partial charge in [-0.3, -0.25) is 14.6 Å². The van der Waals surface area contributed by atoms with Crippen molar-refractivity contribution in [3.63, 3.8) is 0 Å². The van der Waals surface area contributed by atoms with E-state index in [1.807, 2.05) is 0 Å². The van der Waals surface area contributed by atoms with Crippen LogP contribution in [0.2, 0.25) is 0 Å². The minimum atomic E-state index is -1.10. The monoisotopic (exact) mass is 281 g/mol. The van der Waals surface area contributed by atoms with E-state index in [0.29, 0.717) is 17.9 Å². The summed E-state index contributed by atoms with van der Waals surface area (Å²) in [6.45, 7) is 4.12. The number of hydrogen-bond acceptors (Lipinski definition) is 6. The zero-order valence-electron chi connectivity index (χ0n) is 11.9. The number of carbonyl (C=O) groups is 2. The van der Waals surface area contributed by atoms with E-state index < -0.39 is 17.9 Å². The molecule has 0 N–H and O–H groups in total. The van der Waals surface area contributed by atoms with E-state index >= 15 is 0 Å². The van der Waals surface area contributed by atoms with Crippen molar-refractivity contribution in [2.75, 3.05) is 20.3 Å². The molecule has 1 aromatic rings. The molecule has 0 aliphatic carbocycles. The second-order valence-electron chi connectivity index (χ2n) is 3.95. The highest BCUT2D eigenvalue weighted by Crippen LogP contribution is 2.19. The summed E-state index contributed by atoms with van der Waals surface area (Å²) < 4.78 is 14.8. The molecule has 0 fully saturated rings. The first kappa shape index (κ1) is 16.1. The van der Waals surface area contributed by atoms with E-state index in [-0.39, 0.29) is 13.2 Å². The zero-order chi connectivity index (χ0) is 15.0. The Labute approximate surface area is 118 Å². The van der Waals surface area contributed by atoms with Gasteiger partial charge in [0.25, 0.3) is 0 Å². The number of pyridine rings is 1. The van der Waals surface area contributed by atoms with Gasteiger partial charge < -0.3 is 14.2 Å². The minimum absolute atomic E-state index is 0.198.